The summed E-state index contributed by atoms with van der Waals surface area (Å²) in [5.41, 5.74) is 0. The molecule has 1 aliphatic rings. The van der Waals surface area contributed by atoms with Crippen LogP contribution in [0.3, 0.4) is 0 Å². The van der Waals surface area contributed by atoms with Gasteiger partial charge in [0.15, 0.2) is 6.10 Å². The highest BCUT2D eigenvalue weighted by molar-refractivity contribution is 5.77. The van der Waals surface area contributed by atoms with Gasteiger partial charge in [-0.2, -0.15) is 0 Å². The smallest absolute Gasteiger partial charge is 0.335 e. The van der Waals surface area contributed by atoms with Gasteiger partial charge in [-0.3, -0.25) is 0 Å². The van der Waals surface area contributed by atoms with Gasteiger partial charge in [0.1, 0.15) is 6.10 Å². The van der Waals surface area contributed by atoms with E-state index in [2.05, 4.69) is 0 Å². The summed E-state index contributed by atoms with van der Waals surface area (Å²) in [6, 6.07) is 0. The van der Waals surface area contributed by atoms with Crippen LogP contribution >= 0.6 is 0 Å². The van der Waals surface area contributed by atoms with Gasteiger partial charge in [0.05, 0.1) is 0 Å². The normalized spacial score (nSPS) is 39.9. The number of hydrogen-bond donors (Lipinski definition) is 1. The lowest BCUT2D eigenvalue weighted by Crippen LogP contribution is -2.21. The van der Waals surface area contributed by atoms with Crippen LogP contribution in [-0.2, 0) is 9.53 Å². The molecule has 3 heteroatoms. The molecule has 1 saturated heterocycles. The minimum Gasteiger partial charge on any atom is -0.460 e. The molecule has 3 nitrogen and oxygen atoms in total. The Morgan fingerprint density at radius 2 is 2.30 bits per heavy atom. The highest BCUT2D eigenvalue weighted by Crippen LogP contribution is 2.23. The zero-order valence-corrected chi connectivity index (χ0v) is 6.20. The predicted molar refractivity (Wildman–Crippen MR) is 35.3 cm³/mol. The largest absolute Gasteiger partial charge is 0.460 e. The number of hydrogen-bond acceptors (Lipinski definition) is 3. The average Bonchev–Trinajstić information content (AvgIpc) is 2.17. The Labute approximate surface area is 60.0 Å². The molecule has 0 unspecified atom stereocenters. The third-order valence-corrected chi connectivity index (χ3v) is 2.00. The number of carbonyl (C=O) groups is 1. The SMILES string of the molecule is CC[C@H]1OC(=O)[C@@H](O)[C@H]1C. The number of aliphatic hydroxyl groups is 1. The Hall–Kier alpha value is -0.570. The van der Waals surface area contributed by atoms with Gasteiger partial charge in [-0.05, 0) is 6.42 Å². The van der Waals surface area contributed by atoms with Crippen molar-refractivity contribution in [3.8, 4) is 0 Å². The van der Waals surface area contributed by atoms with Crippen LogP contribution in [0.1, 0.15) is 20.3 Å². The Morgan fingerprint density at radius 3 is 2.50 bits per heavy atom. The van der Waals surface area contributed by atoms with Crippen LogP contribution < -0.4 is 0 Å². The first-order valence-corrected chi connectivity index (χ1v) is 3.55. The van der Waals surface area contributed by atoms with Crippen molar-refractivity contribution in [2.24, 2.45) is 5.92 Å². The molecule has 58 valence electrons. The summed E-state index contributed by atoms with van der Waals surface area (Å²) in [7, 11) is 0. The first-order chi connectivity index (χ1) is 4.66. The second-order valence-corrected chi connectivity index (χ2v) is 2.69. The fourth-order valence-corrected chi connectivity index (χ4v) is 1.20. The maximum absolute atomic E-state index is 10.7. The van der Waals surface area contributed by atoms with E-state index in [1.807, 2.05) is 13.8 Å². The Morgan fingerprint density at radius 1 is 1.70 bits per heavy atom. The van der Waals surface area contributed by atoms with Gasteiger partial charge in [-0.15, -0.1) is 0 Å². The van der Waals surface area contributed by atoms with Crippen molar-refractivity contribution in [1.29, 1.82) is 0 Å². The van der Waals surface area contributed by atoms with Gasteiger partial charge in [-0.1, -0.05) is 13.8 Å². The molecule has 0 spiro atoms. The minimum absolute atomic E-state index is 0.0440. The average molecular weight is 144 g/mol. The van der Waals surface area contributed by atoms with Gasteiger partial charge in [-0.25, -0.2) is 4.79 Å². The molecule has 1 heterocycles. The summed E-state index contributed by atoms with van der Waals surface area (Å²) < 4.78 is 4.85. The first-order valence-electron chi connectivity index (χ1n) is 3.55. The van der Waals surface area contributed by atoms with Gasteiger partial charge in [0.2, 0.25) is 0 Å². The molecule has 3 atom stereocenters. The topological polar surface area (TPSA) is 46.5 Å². The van der Waals surface area contributed by atoms with Crippen LogP contribution in [-0.4, -0.2) is 23.3 Å². The summed E-state index contributed by atoms with van der Waals surface area (Å²) in [4.78, 5) is 10.7. The molecular weight excluding hydrogens is 132 g/mol. The lowest BCUT2D eigenvalue weighted by molar-refractivity contribution is -0.147. The van der Waals surface area contributed by atoms with Crippen LogP contribution in [0, 0.1) is 5.92 Å². The standard InChI is InChI=1S/C7H12O3/c1-3-5-4(2)6(8)7(9)10-5/h4-6,8H,3H2,1-2H3/t4-,5+,6-/m0/s1. The van der Waals surface area contributed by atoms with Crippen molar-refractivity contribution in [3.63, 3.8) is 0 Å². The van der Waals surface area contributed by atoms with E-state index in [-0.39, 0.29) is 12.0 Å². The number of aliphatic hydroxyl groups excluding tert-OH is 1. The predicted octanol–water partition coefficient (Wildman–Crippen LogP) is 0.319. The van der Waals surface area contributed by atoms with Crippen molar-refractivity contribution in [3.05, 3.63) is 0 Å². The van der Waals surface area contributed by atoms with Crippen molar-refractivity contribution in [2.45, 2.75) is 32.5 Å². The summed E-state index contributed by atoms with van der Waals surface area (Å²) in [6.45, 7) is 3.76. The van der Waals surface area contributed by atoms with Crippen LogP contribution in [0.15, 0.2) is 0 Å². The number of ether oxygens (including phenoxy) is 1. The molecule has 0 aromatic heterocycles. The summed E-state index contributed by atoms with van der Waals surface area (Å²) in [6.07, 6.45) is -0.198. The van der Waals surface area contributed by atoms with Crippen LogP contribution in [0.5, 0.6) is 0 Å². The van der Waals surface area contributed by atoms with E-state index >= 15 is 0 Å². The van der Waals surface area contributed by atoms with E-state index < -0.39 is 12.1 Å². The molecule has 1 N–H and O–H groups in total. The Balaban J connectivity index is 2.61. The van der Waals surface area contributed by atoms with Crippen LogP contribution in [0.25, 0.3) is 0 Å². The highest BCUT2D eigenvalue weighted by atomic mass is 16.6. The molecule has 0 aromatic rings. The number of esters is 1. The van der Waals surface area contributed by atoms with Crippen molar-refractivity contribution < 1.29 is 14.6 Å². The zero-order chi connectivity index (χ0) is 7.72. The zero-order valence-electron chi connectivity index (χ0n) is 6.20. The number of carbonyl (C=O) groups excluding carboxylic acids is 1. The quantitative estimate of drug-likeness (QED) is 0.539. The third-order valence-electron chi connectivity index (χ3n) is 2.00. The van der Waals surface area contributed by atoms with Gasteiger partial charge in [0.25, 0.3) is 0 Å². The molecule has 0 saturated carbocycles. The maximum Gasteiger partial charge on any atom is 0.335 e. The van der Waals surface area contributed by atoms with Gasteiger partial charge < -0.3 is 9.84 Å². The van der Waals surface area contributed by atoms with Crippen LogP contribution in [0.4, 0.5) is 0 Å². The fourth-order valence-electron chi connectivity index (χ4n) is 1.20. The molecule has 1 aliphatic heterocycles. The molecule has 0 radical (unpaired) electrons. The lowest BCUT2D eigenvalue weighted by Gasteiger charge is -2.10. The van der Waals surface area contributed by atoms with Gasteiger partial charge >= 0.3 is 5.97 Å². The van der Waals surface area contributed by atoms with Crippen molar-refractivity contribution in [2.75, 3.05) is 0 Å². The summed E-state index contributed by atoms with van der Waals surface area (Å²) in [5.74, 6) is -0.517. The van der Waals surface area contributed by atoms with E-state index in [0.717, 1.165) is 6.42 Å². The molecule has 1 fully saturated rings. The van der Waals surface area contributed by atoms with E-state index in [9.17, 15) is 4.79 Å². The Bertz CT molecular complexity index is 144. The summed E-state index contributed by atoms with van der Waals surface area (Å²) in [5, 5.41) is 9.09. The number of rotatable bonds is 1. The molecule has 10 heavy (non-hydrogen) atoms. The fraction of sp³-hybridized carbons (Fsp3) is 0.857. The molecule has 0 aliphatic carbocycles. The van der Waals surface area contributed by atoms with E-state index in [1.165, 1.54) is 0 Å². The second-order valence-electron chi connectivity index (χ2n) is 2.69. The van der Waals surface area contributed by atoms with Gasteiger partial charge in [0, 0.05) is 5.92 Å². The molecule has 0 aromatic carbocycles. The maximum atomic E-state index is 10.7. The van der Waals surface area contributed by atoms with E-state index in [0.29, 0.717) is 0 Å². The van der Waals surface area contributed by atoms with E-state index in [1.54, 1.807) is 0 Å². The minimum atomic E-state index is -0.898. The number of cyclic esters (lactones) is 1. The van der Waals surface area contributed by atoms with Crippen molar-refractivity contribution in [1.82, 2.24) is 0 Å². The molecular formula is C7H12O3. The summed E-state index contributed by atoms with van der Waals surface area (Å²) >= 11 is 0. The lowest BCUT2D eigenvalue weighted by atomic mass is 10.00. The van der Waals surface area contributed by atoms with Crippen LogP contribution in [0.2, 0.25) is 0 Å². The molecule has 0 amide bonds. The Kier molecular flexibility index (Phi) is 1.94. The highest BCUT2D eigenvalue weighted by Gasteiger charge is 2.39. The molecule has 0 bridgehead atoms. The third kappa shape index (κ3) is 1.01. The molecule has 1 rings (SSSR count). The first kappa shape index (κ1) is 7.54. The monoisotopic (exact) mass is 144 g/mol. The van der Waals surface area contributed by atoms with Crippen molar-refractivity contribution >= 4 is 5.97 Å². The van der Waals surface area contributed by atoms with E-state index in [4.69, 9.17) is 9.84 Å². The second kappa shape index (κ2) is 2.58.